The molecule has 1 heterocycles. The molecule has 0 radical (unpaired) electrons. The molecule has 0 saturated carbocycles. The summed E-state index contributed by atoms with van der Waals surface area (Å²) in [6.07, 6.45) is 5.48. The lowest BCUT2D eigenvalue weighted by atomic mass is 9.97. The Hall–Kier alpha value is -2.34. The molecular weight excluding hydrogens is 358 g/mol. The molecule has 0 spiro atoms. The monoisotopic (exact) mass is 389 g/mol. The number of esters is 1. The van der Waals surface area contributed by atoms with Crippen LogP contribution in [0.5, 0.6) is 11.5 Å². The first-order valence-electron chi connectivity index (χ1n) is 9.98. The number of piperidine rings is 1. The third-order valence-electron chi connectivity index (χ3n) is 4.83. The van der Waals surface area contributed by atoms with E-state index in [4.69, 9.17) is 14.2 Å². The average Bonchev–Trinajstić information content (AvgIpc) is 2.72. The average molecular weight is 389 g/mol. The summed E-state index contributed by atoms with van der Waals surface area (Å²) in [5.41, 5.74) is 0.893. The van der Waals surface area contributed by atoms with Gasteiger partial charge < -0.3 is 19.1 Å². The number of carbonyl (C=O) groups is 2. The van der Waals surface area contributed by atoms with Crippen LogP contribution in [-0.2, 0) is 14.3 Å². The molecule has 0 N–H and O–H groups in total. The molecule has 1 aliphatic heterocycles. The zero-order valence-corrected chi connectivity index (χ0v) is 17.1. The maximum Gasteiger partial charge on any atom is 0.309 e. The van der Waals surface area contributed by atoms with Crippen LogP contribution in [0.4, 0.5) is 0 Å². The molecule has 6 heteroatoms. The van der Waals surface area contributed by atoms with Gasteiger partial charge >= 0.3 is 5.97 Å². The molecule has 28 heavy (non-hydrogen) atoms. The largest absolute Gasteiger partial charge is 0.493 e. The van der Waals surface area contributed by atoms with Crippen molar-refractivity contribution in [2.24, 2.45) is 5.92 Å². The fourth-order valence-electron chi connectivity index (χ4n) is 3.26. The number of hydrogen-bond donors (Lipinski definition) is 0. The van der Waals surface area contributed by atoms with Gasteiger partial charge in [0.15, 0.2) is 17.3 Å². The molecule has 0 aromatic heterocycles. The predicted octanol–water partition coefficient (Wildman–Crippen LogP) is 3.34. The Morgan fingerprint density at radius 1 is 1.14 bits per heavy atom. The Balaban J connectivity index is 1.78. The van der Waals surface area contributed by atoms with Gasteiger partial charge in [-0.05, 0) is 63.6 Å². The lowest BCUT2D eigenvalue weighted by molar-refractivity contribution is -0.149. The molecule has 1 aromatic carbocycles. The van der Waals surface area contributed by atoms with Gasteiger partial charge in [-0.3, -0.25) is 9.59 Å². The maximum atomic E-state index is 12.2. The molecule has 0 unspecified atom stereocenters. The van der Waals surface area contributed by atoms with Gasteiger partial charge in [0.2, 0.25) is 0 Å². The highest BCUT2D eigenvalue weighted by Crippen LogP contribution is 2.28. The highest BCUT2D eigenvalue weighted by molar-refractivity contribution is 5.93. The summed E-state index contributed by atoms with van der Waals surface area (Å²) < 4.78 is 15.9. The maximum absolute atomic E-state index is 12.2. The topological polar surface area (TPSA) is 65.1 Å². The van der Waals surface area contributed by atoms with Crippen LogP contribution in [0, 0.1) is 5.92 Å². The Bertz CT molecular complexity index is 678. The normalized spacial score (nSPS) is 15.5. The Kier molecular flexibility index (Phi) is 9.01. The molecule has 154 valence electrons. The number of methoxy groups -OCH3 is 1. The van der Waals surface area contributed by atoms with Crippen molar-refractivity contribution in [3.63, 3.8) is 0 Å². The van der Waals surface area contributed by atoms with Crippen molar-refractivity contribution in [1.29, 1.82) is 0 Å². The number of ketones is 1. The van der Waals surface area contributed by atoms with Gasteiger partial charge in [-0.15, -0.1) is 0 Å². The van der Waals surface area contributed by atoms with Crippen LogP contribution < -0.4 is 9.47 Å². The van der Waals surface area contributed by atoms with Gasteiger partial charge in [-0.1, -0.05) is 12.1 Å². The fourth-order valence-corrected chi connectivity index (χ4v) is 3.26. The molecule has 0 atom stereocenters. The highest BCUT2D eigenvalue weighted by Gasteiger charge is 2.25. The van der Waals surface area contributed by atoms with Gasteiger partial charge in [0, 0.05) is 13.0 Å². The van der Waals surface area contributed by atoms with Crippen LogP contribution in [0.25, 0.3) is 6.08 Å². The van der Waals surface area contributed by atoms with Gasteiger partial charge in [-0.25, -0.2) is 0 Å². The number of nitrogens with zero attached hydrogens (tertiary/aromatic N) is 1. The first-order valence-corrected chi connectivity index (χ1v) is 9.98. The van der Waals surface area contributed by atoms with Crippen molar-refractivity contribution in [2.75, 3.05) is 40.0 Å². The van der Waals surface area contributed by atoms with Crippen molar-refractivity contribution < 1.29 is 23.8 Å². The number of allylic oxidation sites excluding steroid dienone is 1. The molecule has 1 saturated heterocycles. The minimum absolute atomic E-state index is 0.00133. The second-order valence-electron chi connectivity index (χ2n) is 6.76. The van der Waals surface area contributed by atoms with Crippen molar-refractivity contribution in [2.45, 2.75) is 33.1 Å². The highest BCUT2D eigenvalue weighted by atomic mass is 16.5. The van der Waals surface area contributed by atoms with E-state index in [1.165, 1.54) is 0 Å². The van der Waals surface area contributed by atoms with Crippen LogP contribution in [0.3, 0.4) is 0 Å². The molecule has 6 nitrogen and oxygen atoms in total. The lowest BCUT2D eigenvalue weighted by Crippen LogP contribution is -2.37. The van der Waals surface area contributed by atoms with E-state index < -0.39 is 0 Å². The van der Waals surface area contributed by atoms with E-state index in [0.717, 1.165) is 31.5 Å². The third-order valence-corrected chi connectivity index (χ3v) is 4.83. The zero-order chi connectivity index (χ0) is 20.4. The Labute approximate surface area is 167 Å². The number of likely N-dealkylation sites (tertiary alicyclic amines) is 1. The van der Waals surface area contributed by atoms with Crippen LogP contribution in [0.1, 0.15) is 38.7 Å². The molecule has 0 amide bonds. The summed E-state index contributed by atoms with van der Waals surface area (Å²) in [6, 6.07) is 5.60. The first-order chi connectivity index (χ1) is 13.6. The van der Waals surface area contributed by atoms with Crippen LogP contribution in [0.2, 0.25) is 0 Å². The summed E-state index contributed by atoms with van der Waals surface area (Å²) in [5, 5.41) is 0. The van der Waals surface area contributed by atoms with Crippen LogP contribution >= 0.6 is 0 Å². The molecule has 0 bridgehead atoms. The van der Waals surface area contributed by atoms with E-state index in [0.29, 0.717) is 37.7 Å². The summed E-state index contributed by atoms with van der Waals surface area (Å²) in [5.74, 6) is 1.34. The van der Waals surface area contributed by atoms with Gasteiger partial charge in [0.1, 0.15) is 0 Å². The molecule has 1 aliphatic rings. The number of rotatable bonds is 10. The fraction of sp³-hybridized carbons (Fsp3) is 0.545. The van der Waals surface area contributed by atoms with Gasteiger partial charge in [0.05, 0.1) is 26.2 Å². The third kappa shape index (κ3) is 6.68. The Morgan fingerprint density at radius 3 is 2.54 bits per heavy atom. The summed E-state index contributed by atoms with van der Waals surface area (Å²) >= 11 is 0. The second-order valence-corrected chi connectivity index (χ2v) is 6.76. The molecule has 1 aromatic rings. The minimum Gasteiger partial charge on any atom is -0.493 e. The van der Waals surface area contributed by atoms with Crippen molar-refractivity contribution in [3.8, 4) is 11.5 Å². The summed E-state index contributed by atoms with van der Waals surface area (Å²) in [4.78, 5) is 26.2. The van der Waals surface area contributed by atoms with Crippen molar-refractivity contribution in [1.82, 2.24) is 4.90 Å². The molecule has 1 fully saturated rings. The lowest BCUT2D eigenvalue weighted by Gasteiger charge is -2.30. The van der Waals surface area contributed by atoms with Crippen molar-refractivity contribution in [3.05, 3.63) is 29.8 Å². The van der Waals surface area contributed by atoms with E-state index in [1.807, 2.05) is 32.0 Å². The SMILES string of the molecule is CCOC(=O)C1CCN(CCC(=O)C=Cc2ccc(OCC)c(OC)c2)CC1. The van der Waals surface area contributed by atoms with Crippen molar-refractivity contribution >= 4 is 17.8 Å². The quantitative estimate of drug-likeness (QED) is 0.452. The zero-order valence-electron chi connectivity index (χ0n) is 17.1. The number of hydrogen-bond acceptors (Lipinski definition) is 6. The standard InChI is InChI=1S/C22H31NO5/c1-4-27-20-9-7-17(16-21(20)26-3)6-8-19(24)12-15-23-13-10-18(11-14-23)22(25)28-5-2/h6-9,16,18H,4-5,10-15H2,1-3H3. The van der Waals surface area contributed by atoms with Gasteiger partial charge in [0.25, 0.3) is 0 Å². The second kappa shape index (κ2) is 11.5. The number of ether oxygens (including phenoxy) is 3. The summed E-state index contributed by atoms with van der Waals surface area (Å²) in [6.45, 7) is 7.13. The molecular formula is C22H31NO5. The predicted molar refractivity (Wildman–Crippen MR) is 109 cm³/mol. The molecule has 2 rings (SSSR count). The van der Waals surface area contributed by atoms with Gasteiger partial charge in [-0.2, -0.15) is 0 Å². The minimum atomic E-state index is -0.0908. The van der Waals surface area contributed by atoms with E-state index in [2.05, 4.69) is 4.90 Å². The van der Waals surface area contributed by atoms with Crippen LogP contribution in [0.15, 0.2) is 24.3 Å². The van der Waals surface area contributed by atoms with Crippen LogP contribution in [-0.4, -0.2) is 56.6 Å². The number of carbonyl (C=O) groups excluding carboxylic acids is 2. The first kappa shape index (κ1) is 22.0. The molecule has 0 aliphatic carbocycles. The Morgan fingerprint density at radius 2 is 1.89 bits per heavy atom. The van der Waals surface area contributed by atoms with E-state index in [-0.39, 0.29) is 17.7 Å². The van der Waals surface area contributed by atoms with E-state index in [1.54, 1.807) is 19.3 Å². The smallest absolute Gasteiger partial charge is 0.309 e. The van der Waals surface area contributed by atoms with E-state index in [9.17, 15) is 9.59 Å². The summed E-state index contributed by atoms with van der Waals surface area (Å²) in [7, 11) is 1.60. The number of benzene rings is 1. The van der Waals surface area contributed by atoms with E-state index >= 15 is 0 Å².